The van der Waals surface area contributed by atoms with Gasteiger partial charge in [-0.3, -0.25) is 15.0 Å². The summed E-state index contributed by atoms with van der Waals surface area (Å²) in [6.07, 6.45) is 3.75. The van der Waals surface area contributed by atoms with Crippen molar-refractivity contribution < 1.29 is 4.39 Å². The van der Waals surface area contributed by atoms with Crippen LogP contribution in [0.25, 0.3) is 22.2 Å². The highest BCUT2D eigenvalue weighted by Gasteiger charge is 2.11. The topological polar surface area (TPSA) is 44.8 Å². The number of nitrogens with one attached hydrogen (secondary N) is 1. The third kappa shape index (κ3) is 3.48. The molecule has 0 amide bonds. The molecule has 4 aromatic rings. The molecule has 0 aliphatic heterocycles. The van der Waals surface area contributed by atoms with E-state index in [2.05, 4.69) is 39.3 Å². The highest BCUT2D eigenvalue weighted by molar-refractivity contribution is 5.78. The SMILES string of the molecule is CN(Cc1cnc2ccccc2c1)Cc1cn[nH]c1-c1ccc(F)cc1. The molecule has 5 heteroatoms. The summed E-state index contributed by atoms with van der Waals surface area (Å²) in [5.74, 6) is -0.240. The lowest BCUT2D eigenvalue weighted by molar-refractivity contribution is 0.319. The van der Waals surface area contributed by atoms with Gasteiger partial charge in [0.2, 0.25) is 0 Å². The van der Waals surface area contributed by atoms with Crippen molar-refractivity contribution in [2.45, 2.75) is 13.1 Å². The average Bonchev–Trinajstić information content (AvgIpc) is 3.10. The predicted molar refractivity (Wildman–Crippen MR) is 101 cm³/mol. The molecule has 0 aliphatic rings. The second kappa shape index (κ2) is 7.06. The van der Waals surface area contributed by atoms with Gasteiger partial charge in [0.05, 0.1) is 17.4 Å². The van der Waals surface area contributed by atoms with Gasteiger partial charge in [-0.2, -0.15) is 5.10 Å². The normalized spacial score (nSPS) is 11.3. The van der Waals surface area contributed by atoms with E-state index in [1.807, 2.05) is 30.6 Å². The average molecular weight is 346 g/mol. The Labute approximate surface area is 151 Å². The van der Waals surface area contributed by atoms with Gasteiger partial charge in [-0.25, -0.2) is 4.39 Å². The van der Waals surface area contributed by atoms with E-state index in [9.17, 15) is 4.39 Å². The Morgan fingerprint density at radius 2 is 1.81 bits per heavy atom. The highest BCUT2D eigenvalue weighted by atomic mass is 19.1. The number of nitrogens with zero attached hydrogens (tertiary/aromatic N) is 3. The number of para-hydroxylation sites is 1. The minimum absolute atomic E-state index is 0.240. The zero-order chi connectivity index (χ0) is 17.9. The third-order valence-electron chi connectivity index (χ3n) is 4.39. The molecule has 2 aromatic heterocycles. The fourth-order valence-electron chi connectivity index (χ4n) is 3.16. The van der Waals surface area contributed by atoms with Crippen molar-refractivity contribution in [3.63, 3.8) is 0 Å². The number of rotatable bonds is 5. The van der Waals surface area contributed by atoms with Crippen LogP contribution in [-0.4, -0.2) is 27.1 Å². The molecule has 0 saturated heterocycles. The van der Waals surface area contributed by atoms with Crippen LogP contribution in [0.1, 0.15) is 11.1 Å². The van der Waals surface area contributed by atoms with Gasteiger partial charge in [0.1, 0.15) is 5.82 Å². The third-order valence-corrected chi connectivity index (χ3v) is 4.39. The molecule has 26 heavy (non-hydrogen) atoms. The van der Waals surface area contributed by atoms with Crippen LogP contribution in [0, 0.1) is 5.82 Å². The summed E-state index contributed by atoms with van der Waals surface area (Å²) in [6, 6.07) is 16.7. The number of hydrogen-bond acceptors (Lipinski definition) is 3. The maximum atomic E-state index is 13.2. The molecule has 130 valence electrons. The molecule has 0 spiro atoms. The van der Waals surface area contributed by atoms with E-state index in [1.165, 1.54) is 12.1 Å². The first-order valence-electron chi connectivity index (χ1n) is 8.49. The molecule has 4 rings (SSSR count). The summed E-state index contributed by atoms with van der Waals surface area (Å²) in [7, 11) is 2.07. The first-order chi connectivity index (χ1) is 12.7. The van der Waals surface area contributed by atoms with Gasteiger partial charge in [-0.15, -0.1) is 0 Å². The molecule has 0 aliphatic carbocycles. The van der Waals surface area contributed by atoms with Gasteiger partial charge in [-0.05, 0) is 49.0 Å². The van der Waals surface area contributed by atoms with Crippen LogP contribution >= 0.6 is 0 Å². The minimum atomic E-state index is -0.240. The van der Waals surface area contributed by atoms with E-state index in [0.29, 0.717) is 0 Å². The quantitative estimate of drug-likeness (QED) is 0.583. The van der Waals surface area contributed by atoms with E-state index in [0.717, 1.165) is 46.4 Å². The van der Waals surface area contributed by atoms with Gasteiger partial charge < -0.3 is 0 Å². The summed E-state index contributed by atoms with van der Waals surface area (Å²) in [5.41, 5.74) is 5.10. The minimum Gasteiger partial charge on any atom is -0.298 e. The molecule has 2 aromatic carbocycles. The first-order valence-corrected chi connectivity index (χ1v) is 8.49. The lowest BCUT2D eigenvalue weighted by Crippen LogP contribution is -2.17. The number of halogens is 1. The van der Waals surface area contributed by atoms with Crippen LogP contribution in [0.4, 0.5) is 4.39 Å². The lowest BCUT2D eigenvalue weighted by Gasteiger charge is -2.17. The number of benzene rings is 2. The van der Waals surface area contributed by atoms with Crippen LogP contribution in [0.15, 0.2) is 67.0 Å². The molecule has 0 radical (unpaired) electrons. The van der Waals surface area contributed by atoms with Gasteiger partial charge >= 0.3 is 0 Å². The first kappa shape index (κ1) is 16.4. The van der Waals surface area contributed by atoms with E-state index < -0.39 is 0 Å². The molecule has 0 atom stereocenters. The zero-order valence-corrected chi connectivity index (χ0v) is 14.5. The Bertz CT molecular complexity index is 1020. The number of H-pyrrole nitrogens is 1. The molecule has 0 saturated carbocycles. The molecule has 2 heterocycles. The van der Waals surface area contributed by atoms with Gasteiger partial charge in [0.15, 0.2) is 0 Å². The van der Waals surface area contributed by atoms with Crippen molar-refractivity contribution in [1.82, 2.24) is 20.1 Å². The van der Waals surface area contributed by atoms with E-state index in [4.69, 9.17) is 0 Å². The smallest absolute Gasteiger partial charge is 0.123 e. The fraction of sp³-hybridized carbons (Fsp3) is 0.143. The van der Waals surface area contributed by atoms with E-state index >= 15 is 0 Å². The van der Waals surface area contributed by atoms with Crippen molar-refractivity contribution in [1.29, 1.82) is 0 Å². The number of aromatic nitrogens is 3. The van der Waals surface area contributed by atoms with Crippen molar-refractivity contribution >= 4 is 10.9 Å². The van der Waals surface area contributed by atoms with Crippen molar-refractivity contribution in [2.24, 2.45) is 0 Å². The van der Waals surface area contributed by atoms with Crippen molar-refractivity contribution in [3.05, 3.63) is 83.9 Å². The number of hydrogen-bond donors (Lipinski definition) is 1. The van der Waals surface area contributed by atoms with Gasteiger partial charge in [0, 0.05) is 35.8 Å². The zero-order valence-electron chi connectivity index (χ0n) is 14.5. The molecule has 0 fully saturated rings. The Morgan fingerprint density at radius 3 is 2.65 bits per heavy atom. The Morgan fingerprint density at radius 1 is 1.00 bits per heavy atom. The molecular weight excluding hydrogens is 327 g/mol. The number of aromatic amines is 1. The van der Waals surface area contributed by atoms with Crippen LogP contribution < -0.4 is 0 Å². The molecule has 1 N–H and O–H groups in total. The molecule has 4 nitrogen and oxygen atoms in total. The summed E-state index contributed by atoms with van der Waals surface area (Å²) in [5, 5.41) is 8.33. The maximum absolute atomic E-state index is 13.2. The summed E-state index contributed by atoms with van der Waals surface area (Å²) < 4.78 is 13.2. The monoisotopic (exact) mass is 346 g/mol. The van der Waals surface area contributed by atoms with Gasteiger partial charge in [0.25, 0.3) is 0 Å². The lowest BCUT2D eigenvalue weighted by atomic mass is 10.1. The largest absolute Gasteiger partial charge is 0.298 e. The Kier molecular flexibility index (Phi) is 4.46. The number of pyridine rings is 1. The van der Waals surface area contributed by atoms with Crippen molar-refractivity contribution in [2.75, 3.05) is 7.05 Å². The second-order valence-electron chi connectivity index (χ2n) is 6.49. The summed E-state index contributed by atoms with van der Waals surface area (Å²) in [6.45, 7) is 1.52. The van der Waals surface area contributed by atoms with E-state index in [1.54, 1.807) is 12.1 Å². The fourth-order valence-corrected chi connectivity index (χ4v) is 3.16. The molecular formula is C21H19FN4. The highest BCUT2D eigenvalue weighted by Crippen LogP contribution is 2.23. The standard InChI is InChI=1S/C21H19FN4/c1-26(13-15-10-17-4-2-3-5-20(17)23-11-15)14-18-12-24-25-21(18)16-6-8-19(22)9-7-16/h2-12H,13-14H2,1H3,(H,24,25). The molecule has 0 unspecified atom stereocenters. The van der Waals surface area contributed by atoms with Crippen molar-refractivity contribution in [3.8, 4) is 11.3 Å². The summed E-state index contributed by atoms with van der Waals surface area (Å²) >= 11 is 0. The maximum Gasteiger partial charge on any atom is 0.123 e. The summed E-state index contributed by atoms with van der Waals surface area (Å²) in [4.78, 5) is 6.74. The Hall–Kier alpha value is -3.05. The van der Waals surface area contributed by atoms with Crippen LogP contribution in [-0.2, 0) is 13.1 Å². The second-order valence-corrected chi connectivity index (χ2v) is 6.49. The van der Waals surface area contributed by atoms with Crippen LogP contribution in [0.2, 0.25) is 0 Å². The van der Waals surface area contributed by atoms with E-state index in [-0.39, 0.29) is 5.82 Å². The van der Waals surface area contributed by atoms with Crippen LogP contribution in [0.5, 0.6) is 0 Å². The Balaban J connectivity index is 1.50. The van der Waals surface area contributed by atoms with Crippen LogP contribution in [0.3, 0.4) is 0 Å². The van der Waals surface area contributed by atoms with Gasteiger partial charge in [-0.1, -0.05) is 18.2 Å². The molecule has 0 bridgehead atoms. The predicted octanol–water partition coefficient (Wildman–Crippen LogP) is 4.40. The number of fused-ring (bicyclic) bond motifs is 1.